The van der Waals surface area contributed by atoms with Crippen molar-refractivity contribution in [3.63, 3.8) is 0 Å². The summed E-state index contributed by atoms with van der Waals surface area (Å²) in [4.78, 5) is 15.4. The summed E-state index contributed by atoms with van der Waals surface area (Å²) in [5.41, 5.74) is 0. The van der Waals surface area contributed by atoms with Gasteiger partial charge >= 0.3 is 92.7 Å². The molecule has 3 N–H and O–H groups in total. The van der Waals surface area contributed by atoms with E-state index in [9.17, 15) is 13.0 Å². The van der Waals surface area contributed by atoms with Gasteiger partial charge < -0.3 is 9.79 Å². The van der Waals surface area contributed by atoms with E-state index in [0.717, 1.165) is 0 Å². The Bertz CT molecular complexity index is 225. The Morgan fingerprint density at radius 3 is 1.55 bits per heavy atom. The van der Waals surface area contributed by atoms with Crippen LogP contribution < -0.4 is 0 Å². The SMILES string of the molecule is O=P(O)(O)OS(=O)(=O)O.[KH].[MgH2]. The molecule has 0 spiro atoms. The molecule has 0 aliphatic carbocycles. The van der Waals surface area contributed by atoms with Crippen molar-refractivity contribution < 1.29 is 31.3 Å². The number of hydrogen-bond acceptors (Lipinski definition) is 4. The minimum absolute atomic E-state index is 0. The predicted octanol–water partition coefficient (Wildman–Crippen LogP) is -2.67. The van der Waals surface area contributed by atoms with Gasteiger partial charge in [0, 0.05) is 0 Å². The van der Waals surface area contributed by atoms with E-state index in [-0.39, 0.29) is 74.4 Å². The van der Waals surface area contributed by atoms with Crippen molar-refractivity contribution >= 4 is 92.7 Å². The zero-order valence-electron chi connectivity index (χ0n) is 3.83. The van der Waals surface area contributed by atoms with Crippen LogP contribution in [-0.4, -0.2) is 97.2 Å². The molecular formula is H6KMgO7PS. The van der Waals surface area contributed by atoms with Crippen LogP contribution >= 0.6 is 7.82 Å². The maximum atomic E-state index is 9.58. The van der Waals surface area contributed by atoms with Crippen LogP contribution in [0.4, 0.5) is 0 Å². The maximum Gasteiger partial charge on any atom is 0.316 e. The summed E-state index contributed by atoms with van der Waals surface area (Å²) in [5, 5.41) is 0. The molecule has 0 aliphatic heterocycles. The van der Waals surface area contributed by atoms with Crippen LogP contribution in [0.5, 0.6) is 0 Å². The van der Waals surface area contributed by atoms with Crippen molar-refractivity contribution in [2.75, 3.05) is 0 Å². The predicted molar refractivity (Wildman–Crippen MR) is 40.4 cm³/mol. The van der Waals surface area contributed by atoms with Crippen LogP contribution in [0.15, 0.2) is 0 Å². The molecule has 0 saturated heterocycles. The minimum atomic E-state index is -5.13. The summed E-state index contributed by atoms with van der Waals surface area (Å²) < 4.78 is 39.0. The minimum Gasteiger partial charge on any atom is 0.316 e. The average molecular weight is 244 g/mol. The molecule has 0 aliphatic rings. The largest absolute Gasteiger partial charge is 0.316 e. The van der Waals surface area contributed by atoms with Crippen molar-refractivity contribution in [2.45, 2.75) is 0 Å². The van der Waals surface area contributed by atoms with Crippen LogP contribution in [0.25, 0.3) is 0 Å². The zero-order valence-corrected chi connectivity index (χ0v) is 5.54. The summed E-state index contributed by atoms with van der Waals surface area (Å²) in [6, 6.07) is 0. The van der Waals surface area contributed by atoms with E-state index >= 15 is 0 Å². The topological polar surface area (TPSA) is 121 Å². The van der Waals surface area contributed by atoms with E-state index in [1.807, 2.05) is 0 Å². The third kappa shape index (κ3) is 19.0. The molecule has 0 heterocycles. The van der Waals surface area contributed by atoms with Crippen molar-refractivity contribution in [2.24, 2.45) is 0 Å². The maximum absolute atomic E-state index is 9.58. The first-order valence-corrected chi connectivity index (χ1v) is 4.34. The molecule has 0 atom stereocenters. The summed E-state index contributed by atoms with van der Waals surface area (Å²) in [5.74, 6) is 0. The smallest absolute Gasteiger partial charge is 0.316 e. The fraction of sp³-hybridized carbons (Fsp3) is 0. The quantitative estimate of drug-likeness (QED) is 0.275. The molecule has 0 aromatic heterocycles. The van der Waals surface area contributed by atoms with Gasteiger partial charge in [-0.2, -0.15) is 8.42 Å². The van der Waals surface area contributed by atoms with Crippen molar-refractivity contribution in [1.82, 2.24) is 0 Å². The molecule has 0 amide bonds. The molecule has 11 heavy (non-hydrogen) atoms. The van der Waals surface area contributed by atoms with Gasteiger partial charge in [0.1, 0.15) is 0 Å². The second-order valence-electron chi connectivity index (χ2n) is 0.993. The van der Waals surface area contributed by atoms with E-state index < -0.39 is 18.2 Å². The van der Waals surface area contributed by atoms with Gasteiger partial charge in [-0.05, 0) is 0 Å². The molecular weight excluding hydrogens is 238 g/mol. The molecule has 0 unspecified atom stereocenters. The number of hydrogen-bond donors (Lipinski definition) is 3. The first-order chi connectivity index (χ1) is 3.71. The molecule has 7 nitrogen and oxygen atoms in total. The van der Waals surface area contributed by atoms with Crippen LogP contribution in [0, 0.1) is 0 Å². The Balaban J connectivity index is -0.000000320. The molecule has 0 fully saturated rings. The summed E-state index contributed by atoms with van der Waals surface area (Å²) in [7, 11) is -10.2. The summed E-state index contributed by atoms with van der Waals surface area (Å²) in [6.45, 7) is 0. The Hall–Kier alpha value is 2.42. The van der Waals surface area contributed by atoms with Crippen LogP contribution in [0.3, 0.4) is 0 Å². The third-order valence-electron chi connectivity index (χ3n) is 0.191. The molecule has 11 heteroatoms. The number of phosphoric acid groups is 1. The Morgan fingerprint density at radius 2 is 1.55 bits per heavy atom. The fourth-order valence-electron chi connectivity index (χ4n) is 0.123. The first-order valence-electron chi connectivity index (χ1n) is 1.45. The summed E-state index contributed by atoms with van der Waals surface area (Å²) >= 11 is 0. The van der Waals surface area contributed by atoms with E-state index in [1.165, 1.54) is 0 Å². The van der Waals surface area contributed by atoms with E-state index in [2.05, 4.69) is 3.97 Å². The van der Waals surface area contributed by atoms with Crippen LogP contribution in [0.1, 0.15) is 0 Å². The number of rotatable bonds is 2. The molecule has 0 radical (unpaired) electrons. The standard InChI is InChI=1S/K.Mg.H3O7PS.3H/c;;1-8(2,3)7-9(4,5)6;;;/h;;(H2,1,2,3)(H,4,5,6);;;. The average Bonchev–Trinajstić information content (AvgIpc) is 1.14. The van der Waals surface area contributed by atoms with Gasteiger partial charge in [-0.3, -0.25) is 4.55 Å². The van der Waals surface area contributed by atoms with Crippen molar-refractivity contribution in [3.05, 3.63) is 0 Å². The molecule has 0 aromatic rings. The molecule has 62 valence electrons. The van der Waals surface area contributed by atoms with Crippen LogP contribution in [-0.2, 0) is 18.9 Å². The van der Waals surface area contributed by atoms with E-state index in [1.54, 1.807) is 0 Å². The summed E-state index contributed by atoms with van der Waals surface area (Å²) in [6.07, 6.45) is 0. The van der Waals surface area contributed by atoms with Gasteiger partial charge in [-0.1, -0.05) is 0 Å². The molecule has 0 bridgehead atoms. The Morgan fingerprint density at radius 1 is 1.27 bits per heavy atom. The van der Waals surface area contributed by atoms with Gasteiger partial charge in [0.25, 0.3) is 0 Å². The molecule has 0 saturated carbocycles. The van der Waals surface area contributed by atoms with Gasteiger partial charge in [0.05, 0.1) is 0 Å². The Labute approximate surface area is 122 Å². The third-order valence-corrected chi connectivity index (χ3v) is 1.72. The van der Waals surface area contributed by atoms with Gasteiger partial charge in [0.2, 0.25) is 0 Å². The van der Waals surface area contributed by atoms with E-state index in [4.69, 9.17) is 14.3 Å². The van der Waals surface area contributed by atoms with Crippen LogP contribution in [0.2, 0.25) is 0 Å². The second kappa shape index (κ2) is 6.81. The van der Waals surface area contributed by atoms with Gasteiger partial charge in [0.15, 0.2) is 0 Å². The van der Waals surface area contributed by atoms with Gasteiger partial charge in [-0.15, -0.1) is 3.97 Å². The van der Waals surface area contributed by atoms with Gasteiger partial charge in [-0.25, -0.2) is 4.57 Å². The normalized spacial score (nSPS) is 11.2. The second-order valence-corrected chi connectivity index (χ2v) is 3.43. The fourth-order valence-corrected chi connectivity index (χ4v) is 1.10. The first kappa shape index (κ1) is 19.1. The van der Waals surface area contributed by atoms with Crippen molar-refractivity contribution in [1.29, 1.82) is 0 Å². The zero-order chi connectivity index (χ0) is 7.71. The monoisotopic (exact) mass is 244 g/mol. The molecule has 0 rings (SSSR count). The van der Waals surface area contributed by atoms with E-state index in [0.29, 0.717) is 0 Å². The Kier molecular flexibility index (Phi) is 11.8. The van der Waals surface area contributed by atoms with Crippen molar-refractivity contribution in [3.8, 4) is 0 Å². The molecule has 0 aromatic carbocycles.